The highest BCUT2D eigenvalue weighted by molar-refractivity contribution is 5.95. The molecule has 1 aliphatic rings. The summed E-state index contributed by atoms with van der Waals surface area (Å²) in [5.74, 6) is -0.0394. The Morgan fingerprint density at radius 1 is 1.41 bits per heavy atom. The molecule has 2 rings (SSSR count). The first kappa shape index (κ1) is 16.5. The summed E-state index contributed by atoms with van der Waals surface area (Å²) in [6.45, 7) is 10.5. The number of carbonyl (C=O) groups is 2. The van der Waals surface area contributed by atoms with E-state index in [1.54, 1.807) is 11.8 Å². The molecule has 1 saturated heterocycles. The summed E-state index contributed by atoms with van der Waals surface area (Å²) < 4.78 is 7.73. The third-order valence-corrected chi connectivity index (χ3v) is 4.21. The van der Waals surface area contributed by atoms with Crippen molar-refractivity contribution in [3.63, 3.8) is 0 Å². The van der Waals surface area contributed by atoms with Gasteiger partial charge < -0.3 is 19.5 Å². The SMILES string of the molecule is CCn1c(C)cc(C(=O)NC[C@H]2CN(C(C)=O)CCO2)c1C. The molecule has 0 bridgehead atoms. The monoisotopic (exact) mass is 307 g/mol. The first-order valence-electron chi connectivity index (χ1n) is 7.76. The van der Waals surface area contributed by atoms with Crippen molar-refractivity contribution in [1.82, 2.24) is 14.8 Å². The zero-order valence-electron chi connectivity index (χ0n) is 13.8. The van der Waals surface area contributed by atoms with E-state index in [9.17, 15) is 9.59 Å². The number of rotatable bonds is 4. The van der Waals surface area contributed by atoms with Gasteiger partial charge in [0.05, 0.1) is 18.3 Å². The molecule has 1 aliphatic heterocycles. The number of morpholine rings is 1. The van der Waals surface area contributed by atoms with E-state index in [1.807, 2.05) is 19.9 Å². The van der Waals surface area contributed by atoms with Gasteiger partial charge in [-0.25, -0.2) is 0 Å². The van der Waals surface area contributed by atoms with Crippen LogP contribution in [0.1, 0.15) is 35.6 Å². The summed E-state index contributed by atoms with van der Waals surface area (Å²) in [5.41, 5.74) is 2.77. The number of amides is 2. The van der Waals surface area contributed by atoms with Crippen LogP contribution in [0, 0.1) is 13.8 Å². The predicted molar refractivity (Wildman–Crippen MR) is 83.9 cm³/mol. The Balaban J connectivity index is 1.94. The van der Waals surface area contributed by atoms with Gasteiger partial charge in [0.15, 0.2) is 0 Å². The van der Waals surface area contributed by atoms with Crippen LogP contribution in [-0.2, 0) is 16.1 Å². The first-order valence-corrected chi connectivity index (χ1v) is 7.76. The maximum absolute atomic E-state index is 12.3. The molecule has 0 unspecified atom stereocenters. The van der Waals surface area contributed by atoms with Crippen molar-refractivity contribution in [2.24, 2.45) is 0 Å². The zero-order chi connectivity index (χ0) is 16.3. The lowest BCUT2D eigenvalue weighted by molar-refractivity contribution is -0.136. The van der Waals surface area contributed by atoms with E-state index in [1.165, 1.54) is 0 Å². The van der Waals surface area contributed by atoms with Crippen LogP contribution >= 0.6 is 0 Å². The van der Waals surface area contributed by atoms with Gasteiger partial charge in [0.2, 0.25) is 5.91 Å². The molecule has 1 atom stereocenters. The van der Waals surface area contributed by atoms with Crippen molar-refractivity contribution in [3.05, 3.63) is 23.0 Å². The minimum absolute atomic E-state index is 0.0473. The molecule has 6 nitrogen and oxygen atoms in total. The van der Waals surface area contributed by atoms with Crippen LogP contribution in [0.5, 0.6) is 0 Å². The lowest BCUT2D eigenvalue weighted by atomic mass is 10.2. The molecule has 1 aromatic rings. The van der Waals surface area contributed by atoms with E-state index in [0.29, 0.717) is 31.8 Å². The highest BCUT2D eigenvalue weighted by Gasteiger charge is 2.23. The van der Waals surface area contributed by atoms with E-state index in [2.05, 4.69) is 16.8 Å². The standard InChI is InChI=1S/C16H25N3O3/c1-5-19-11(2)8-15(12(19)3)16(21)17-9-14-10-18(13(4)20)6-7-22-14/h8,14H,5-7,9-10H2,1-4H3,(H,17,21)/t14-/m0/s1. The number of hydrogen-bond donors (Lipinski definition) is 1. The lowest BCUT2D eigenvalue weighted by Gasteiger charge is -2.32. The zero-order valence-corrected chi connectivity index (χ0v) is 13.8. The third-order valence-electron chi connectivity index (χ3n) is 4.21. The minimum atomic E-state index is -0.142. The fourth-order valence-electron chi connectivity index (χ4n) is 2.95. The molecule has 0 aromatic carbocycles. The molecule has 22 heavy (non-hydrogen) atoms. The van der Waals surface area contributed by atoms with Crippen molar-refractivity contribution in [1.29, 1.82) is 0 Å². The number of nitrogens with zero attached hydrogens (tertiary/aromatic N) is 2. The smallest absolute Gasteiger partial charge is 0.253 e. The Kier molecular flexibility index (Phi) is 5.24. The van der Waals surface area contributed by atoms with Gasteiger partial charge in [-0.3, -0.25) is 9.59 Å². The quantitative estimate of drug-likeness (QED) is 0.906. The molecule has 0 saturated carbocycles. The maximum atomic E-state index is 12.3. The Morgan fingerprint density at radius 2 is 2.14 bits per heavy atom. The van der Waals surface area contributed by atoms with Crippen LogP contribution < -0.4 is 5.32 Å². The second kappa shape index (κ2) is 6.96. The molecule has 1 N–H and O–H groups in total. The molecule has 0 radical (unpaired) electrons. The number of ether oxygens (including phenoxy) is 1. The Morgan fingerprint density at radius 3 is 2.73 bits per heavy atom. The number of aryl methyl sites for hydroxylation is 1. The Labute approximate surface area is 131 Å². The van der Waals surface area contributed by atoms with Gasteiger partial charge in [-0.05, 0) is 26.8 Å². The van der Waals surface area contributed by atoms with Crippen molar-refractivity contribution < 1.29 is 14.3 Å². The van der Waals surface area contributed by atoms with Crippen LogP contribution in [0.4, 0.5) is 0 Å². The van der Waals surface area contributed by atoms with Gasteiger partial charge in [-0.2, -0.15) is 0 Å². The van der Waals surface area contributed by atoms with Gasteiger partial charge in [0.1, 0.15) is 0 Å². The van der Waals surface area contributed by atoms with Gasteiger partial charge in [0, 0.05) is 44.5 Å². The second-order valence-electron chi connectivity index (χ2n) is 5.70. The third kappa shape index (κ3) is 3.50. The van der Waals surface area contributed by atoms with Crippen molar-refractivity contribution in [2.45, 2.75) is 40.3 Å². The van der Waals surface area contributed by atoms with E-state index in [0.717, 1.165) is 17.9 Å². The predicted octanol–water partition coefficient (Wildman–Crippen LogP) is 1.10. The number of aromatic nitrogens is 1. The number of nitrogens with one attached hydrogen (secondary N) is 1. The molecular formula is C16H25N3O3. The van der Waals surface area contributed by atoms with Crippen LogP contribution in [-0.4, -0.2) is 53.6 Å². The number of hydrogen-bond acceptors (Lipinski definition) is 3. The summed E-state index contributed by atoms with van der Waals surface area (Å²) in [7, 11) is 0. The fraction of sp³-hybridized carbons (Fsp3) is 0.625. The maximum Gasteiger partial charge on any atom is 0.253 e. The van der Waals surface area contributed by atoms with Crippen LogP contribution in [0.15, 0.2) is 6.07 Å². The van der Waals surface area contributed by atoms with Crippen LogP contribution in [0.2, 0.25) is 0 Å². The summed E-state index contributed by atoms with van der Waals surface area (Å²) in [6, 6.07) is 1.91. The molecule has 0 aliphatic carbocycles. The first-order chi connectivity index (χ1) is 10.4. The fourth-order valence-corrected chi connectivity index (χ4v) is 2.95. The topological polar surface area (TPSA) is 63.6 Å². The highest BCUT2D eigenvalue weighted by Crippen LogP contribution is 2.15. The molecule has 1 aromatic heterocycles. The van der Waals surface area contributed by atoms with Crippen LogP contribution in [0.3, 0.4) is 0 Å². The molecule has 0 spiro atoms. The normalized spacial score (nSPS) is 18.4. The van der Waals surface area contributed by atoms with Gasteiger partial charge >= 0.3 is 0 Å². The van der Waals surface area contributed by atoms with Gasteiger partial charge in [-0.15, -0.1) is 0 Å². The van der Waals surface area contributed by atoms with E-state index in [4.69, 9.17) is 4.74 Å². The molecule has 1 fully saturated rings. The summed E-state index contributed by atoms with van der Waals surface area (Å²) in [4.78, 5) is 25.5. The molecule has 2 amide bonds. The molecule has 2 heterocycles. The van der Waals surface area contributed by atoms with Gasteiger partial charge in [0.25, 0.3) is 5.91 Å². The summed E-state index contributed by atoms with van der Waals surface area (Å²) >= 11 is 0. The Bertz CT molecular complexity index is 565. The van der Waals surface area contributed by atoms with Crippen molar-refractivity contribution in [2.75, 3.05) is 26.2 Å². The van der Waals surface area contributed by atoms with E-state index >= 15 is 0 Å². The highest BCUT2D eigenvalue weighted by atomic mass is 16.5. The summed E-state index contributed by atoms with van der Waals surface area (Å²) in [5, 5.41) is 2.92. The largest absolute Gasteiger partial charge is 0.373 e. The summed E-state index contributed by atoms with van der Waals surface area (Å²) in [6.07, 6.45) is -0.142. The van der Waals surface area contributed by atoms with Gasteiger partial charge in [-0.1, -0.05) is 0 Å². The molecular weight excluding hydrogens is 282 g/mol. The average molecular weight is 307 g/mol. The average Bonchev–Trinajstić information content (AvgIpc) is 2.79. The molecule has 122 valence electrons. The van der Waals surface area contributed by atoms with Crippen LogP contribution in [0.25, 0.3) is 0 Å². The number of carbonyl (C=O) groups excluding carboxylic acids is 2. The lowest BCUT2D eigenvalue weighted by Crippen LogP contribution is -2.49. The van der Waals surface area contributed by atoms with Crippen molar-refractivity contribution in [3.8, 4) is 0 Å². The minimum Gasteiger partial charge on any atom is -0.373 e. The Hall–Kier alpha value is -1.82. The van der Waals surface area contributed by atoms with E-state index in [-0.39, 0.29) is 17.9 Å². The second-order valence-corrected chi connectivity index (χ2v) is 5.70. The van der Waals surface area contributed by atoms with Crippen molar-refractivity contribution >= 4 is 11.8 Å². The molecule has 6 heteroatoms. The van der Waals surface area contributed by atoms with E-state index < -0.39 is 0 Å².